The van der Waals surface area contributed by atoms with Crippen LogP contribution in [-0.4, -0.2) is 29.6 Å². The second-order valence-corrected chi connectivity index (χ2v) is 4.51. The Morgan fingerprint density at radius 3 is 2.60 bits per heavy atom. The minimum atomic E-state index is -1.44. The molecule has 0 saturated carbocycles. The van der Waals surface area contributed by atoms with E-state index in [9.17, 15) is 19.3 Å². The molecular weight excluding hydrogens is 267 g/mol. The van der Waals surface area contributed by atoms with Crippen LogP contribution in [0, 0.1) is 15.9 Å². The van der Waals surface area contributed by atoms with Crippen LogP contribution in [0.3, 0.4) is 0 Å². The molecule has 1 aromatic rings. The summed E-state index contributed by atoms with van der Waals surface area (Å²) in [6, 6.07) is 1.68. The summed E-state index contributed by atoms with van der Waals surface area (Å²) in [5, 5.41) is 19.8. The number of carboxylic acid groups (broad SMARTS) is 1. The van der Waals surface area contributed by atoms with Crippen LogP contribution in [0.5, 0.6) is 0 Å². The molecule has 0 amide bonds. The summed E-state index contributed by atoms with van der Waals surface area (Å²) < 4.78 is 13.5. The molecule has 0 atom stereocenters. The number of carboxylic acids is 1. The summed E-state index contributed by atoms with van der Waals surface area (Å²) in [6.07, 6.45) is 2.79. The third kappa shape index (κ3) is 3.66. The maximum absolute atomic E-state index is 13.5. The van der Waals surface area contributed by atoms with Gasteiger partial charge in [-0.2, -0.15) is 0 Å². The lowest BCUT2D eigenvalue weighted by Gasteiger charge is -2.19. The lowest BCUT2D eigenvalue weighted by molar-refractivity contribution is -0.384. The molecule has 0 aromatic heterocycles. The van der Waals surface area contributed by atoms with Crippen LogP contribution in [0.15, 0.2) is 12.1 Å². The van der Waals surface area contributed by atoms with Crippen molar-refractivity contribution in [3.63, 3.8) is 0 Å². The van der Waals surface area contributed by atoms with E-state index in [1.165, 1.54) is 0 Å². The predicted molar refractivity (Wildman–Crippen MR) is 72.8 cm³/mol. The van der Waals surface area contributed by atoms with Gasteiger partial charge in [0, 0.05) is 13.6 Å². The Bertz CT molecular complexity index is 519. The van der Waals surface area contributed by atoms with Crippen molar-refractivity contribution in [2.24, 2.45) is 0 Å². The number of benzene rings is 1. The van der Waals surface area contributed by atoms with E-state index < -0.39 is 28.0 Å². The number of halogens is 1. The van der Waals surface area contributed by atoms with Gasteiger partial charge in [-0.25, -0.2) is 9.18 Å². The van der Waals surface area contributed by atoms with Gasteiger partial charge in [0.2, 0.25) is 0 Å². The lowest BCUT2D eigenvalue weighted by atomic mass is 10.1. The standard InChI is InChI=1S/C13H17FN2O4/c1-3-4-5-6-15(2)11-7-9(13(17)18)10(14)8-12(11)16(19)20/h7-8H,3-6H2,1-2H3,(H,17,18). The van der Waals surface area contributed by atoms with Crippen LogP contribution in [0.1, 0.15) is 36.5 Å². The van der Waals surface area contributed by atoms with E-state index in [1.54, 1.807) is 11.9 Å². The lowest BCUT2D eigenvalue weighted by Crippen LogP contribution is -2.20. The maximum Gasteiger partial charge on any atom is 0.338 e. The first-order valence-corrected chi connectivity index (χ1v) is 6.30. The molecule has 1 rings (SSSR count). The Balaban J connectivity index is 3.16. The third-order valence-electron chi connectivity index (χ3n) is 3.00. The Morgan fingerprint density at radius 1 is 1.45 bits per heavy atom. The number of aromatic carboxylic acids is 1. The fourth-order valence-corrected chi connectivity index (χ4v) is 1.89. The zero-order valence-electron chi connectivity index (χ0n) is 11.4. The molecule has 0 saturated heterocycles. The average molecular weight is 284 g/mol. The summed E-state index contributed by atoms with van der Waals surface area (Å²) in [4.78, 5) is 22.7. The van der Waals surface area contributed by atoms with Crippen LogP contribution in [-0.2, 0) is 0 Å². The third-order valence-corrected chi connectivity index (χ3v) is 3.00. The average Bonchev–Trinajstić information content (AvgIpc) is 2.37. The molecule has 0 aliphatic carbocycles. The second-order valence-electron chi connectivity index (χ2n) is 4.51. The van der Waals surface area contributed by atoms with Crippen molar-refractivity contribution in [3.05, 3.63) is 33.6 Å². The summed E-state index contributed by atoms with van der Waals surface area (Å²) >= 11 is 0. The van der Waals surface area contributed by atoms with Crippen LogP contribution >= 0.6 is 0 Å². The van der Waals surface area contributed by atoms with Crippen LogP contribution in [0.25, 0.3) is 0 Å². The smallest absolute Gasteiger partial charge is 0.338 e. The van der Waals surface area contributed by atoms with E-state index in [2.05, 4.69) is 0 Å². The Morgan fingerprint density at radius 2 is 2.10 bits per heavy atom. The van der Waals surface area contributed by atoms with Crippen LogP contribution in [0.2, 0.25) is 0 Å². The van der Waals surface area contributed by atoms with Crippen molar-refractivity contribution in [1.29, 1.82) is 0 Å². The Kier molecular flexibility index (Phi) is 5.42. The summed E-state index contributed by atoms with van der Waals surface area (Å²) in [6.45, 7) is 2.57. The van der Waals surface area contributed by atoms with E-state index in [0.29, 0.717) is 12.6 Å². The van der Waals surface area contributed by atoms with Gasteiger partial charge in [0.05, 0.1) is 16.6 Å². The molecule has 6 nitrogen and oxygen atoms in total. The normalized spacial score (nSPS) is 10.3. The zero-order chi connectivity index (χ0) is 15.3. The van der Waals surface area contributed by atoms with Crippen molar-refractivity contribution in [3.8, 4) is 0 Å². The minimum Gasteiger partial charge on any atom is -0.478 e. The number of hydrogen-bond acceptors (Lipinski definition) is 4. The number of carbonyl (C=O) groups is 1. The second kappa shape index (κ2) is 6.83. The first-order chi connectivity index (χ1) is 9.38. The molecule has 1 aromatic carbocycles. The number of nitro groups is 1. The molecule has 0 aliphatic rings. The Labute approximate surface area is 116 Å². The van der Waals surface area contributed by atoms with Gasteiger partial charge in [0.25, 0.3) is 5.69 Å². The van der Waals surface area contributed by atoms with Crippen molar-refractivity contribution < 1.29 is 19.2 Å². The topological polar surface area (TPSA) is 83.7 Å². The predicted octanol–water partition coefficient (Wildman–Crippen LogP) is 3.06. The van der Waals surface area contributed by atoms with Gasteiger partial charge in [0.1, 0.15) is 11.5 Å². The molecular formula is C13H17FN2O4. The van der Waals surface area contributed by atoms with E-state index in [4.69, 9.17) is 5.11 Å². The quantitative estimate of drug-likeness (QED) is 0.472. The van der Waals surface area contributed by atoms with Gasteiger partial charge in [-0.3, -0.25) is 10.1 Å². The highest BCUT2D eigenvalue weighted by atomic mass is 19.1. The highest BCUT2D eigenvalue weighted by Gasteiger charge is 2.23. The minimum absolute atomic E-state index is 0.116. The molecule has 0 unspecified atom stereocenters. The van der Waals surface area contributed by atoms with Gasteiger partial charge in [-0.1, -0.05) is 19.8 Å². The number of rotatable bonds is 7. The monoisotopic (exact) mass is 284 g/mol. The molecule has 20 heavy (non-hydrogen) atoms. The SMILES string of the molecule is CCCCCN(C)c1cc(C(=O)O)c(F)cc1[N+](=O)[O-]. The van der Waals surface area contributed by atoms with Crippen molar-refractivity contribution in [1.82, 2.24) is 0 Å². The fourth-order valence-electron chi connectivity index (χ4n) is 1.89. The van der Waals surface area contributed by atoms with Crippen LogP contribution in [0.4, 0.5) is 15.8 Å². The summed E-state index contributed by atoms with van der Waals surface area (Å²) in [5.41, 5.74) is -0.871. The summed E-state index contributed by atoms with van der Waals surface area (Å²) in [7, 11) is 1.63. The van der Waals surface area contributed by atoms with Gasteiger partial charge in [0.15, 0.2) is 0 Å². The van der Waals surface area contributed by atoms with Gasteiger partial charge >= 0.3 is 5.97 Å². The fraction of sp³-hybridized carbons (Fsp3) is 0.462. The number of hydrogen-bond donors (Lipinski definition) is 1. The van der Waals surface area contributed by atoms with E-state index in [0.717, 1.165) is 25.3 Å². The first kappa shape index (κ1) is 15.9. The van der Waals surface area contributed by atoms with Crippen molar-refractivity contribution in [2.75, 3.05) is 18.5 Å². The molecule has 0 heterocycles. The van der Waals surface area contributed by atoms with Crippen molar-refractivity contribution >= 4 is 17.3 Å². The zero-order valence-corrected chi connectivity index (χ0v) is 11.4. The van der Waals surface area contributed by atoms with Gasteiger partial charge in [-0.15, -0.1) is 0 Å². The Hall–Kier alpha value is -2.18. The van der Waals surface area contributed by atoms with Gasteiger partial charge in [-0.05, 0) is 12.5 Å². The highest BCUT2D eigenvalue weighted by molar-refractivity contribution is 5.90. The molecule has 7 heteroatoms. The molecule has 0 bridgehead atoms. The van der Waals surface area contributed by atoms with Crippen LogP contribution < -0.4 is 4.90 Å². The molecule has 1 N–H and O–H groups in total. The number of anilines is 1. The first-order valence-electron chi connectivity index (χ1n) is 6.30. The molecule has 0 spiro atoms. The largest absolute Gasteiger partial charge is 0.478 e. The number of nitrogens with zero attached hydrogens (tertiary/aromatic N) is 2. The summed E-state index contributed by atoms with van der Waals surface area (Å²) in [5.74, 6) is -2.55. The van der Waals surface area contributed by atoms with Crippen molar-refractivity contribution in [2.45, 2.75) is 26.2 Å². The van der Waals surface area contributed by atoms with E-state index in [-0.39, 0.29) is 5.69 Å². The molecule has 0 aliphatic heterocycles. The number of unbranched alkanes of at least 4 members (excludes halogenated alkanes) is 2. The van der Waals surface area contributed by atoms with Gasteiger partial charge < -0.3 is 10.0 Å². The number of nitro benzene ring substituents is 1. The molecule has 110 valence electrons. The van der Waals surface area contributed by atoms with E-state index >= 15 is 0 Å². The van der Waals surface area contributed by atoms with E-state index in [1.807, 2.05) is 6.92 Å². The maximum atomic E-state index is 13.5. The molecule has 0 radical (unpaired) electrons. The molecule has 0 fully saturated rings. The highest BCUT2D eigenvalue weighted by Crippen LogP contribution is 2.30.